The van der Waals surface area contributed by atoms with E-state index in [2.05, 4.69) is 15.3 Å². The van der Waals surface area contributed by atoms with Crippen molar-refractivity contribution in [3.63, 3.8) is 0 Å². The second-order valence-corrected chi connectivity index (χ2v) is 5.79. The smallest absolute Gasteiger partial charge is 0.274 e. The quantitative estimate of drug-likeness (QED) is 0.722. The van der Waals surface area contributed by atoms with Gasteiger partial charge < -0.3 is 10.2 Å². The number of benzene rings is 2. The van der Waals surface area contributed by atoms with Gasteiger partial charge in [-0.2, -0.15) is 0 Å². The maximum Gasteiger partial charge on any atom is 0.274 e. The van der Waals surface area contributed by atoms with E-state index in [9.17, 15) is 13.6 Å². The van der Waals surface area contributed by atoms with Crippen molar-refractivity contribution in [2.75, 3.05) is 16.8 Å². The van der Waals surface area contributed by atoms with E-state index >= 15 is 0 Å². The van der Waals surface area contributed by atoms with Crippen LogP contribution in [-0.2, 0) is 0 Å². The number of halogens is 2. The van der Waals surface area contributed by atoms with E-state index in [4.69, 9.17) is 0 Å². The maximum absolute atomic E-state index is 13.8. The molecule has 0 aliphatic heterocycles. The van der Waals surface area contributed by atoms with E-state index in [0.29, 0.717) is 18.2 Å². The van der Waals surface area contributed by atoms with E-state index in [1.165, 1.54) is 12.1 Å². The van der Waals surface area contributed by atoms with E-state index in [1.807, 2.05) is 42.2 Å². The first-order valence-electron chi connectivity index (χ1n) is 8.43. The Kier molecular flexibility index (Phi) is 5.40. The minimum atomic E-state index is -0.853. The SMILES string of the molecule is CCN(c1ccccc1)c1cc(C(=O)Nc2c(F)cccc2F)nc(C)n1. The van der Waals surface area contributed by atoms with Gasteiger partial charge in [-0.3, -0.25) is 4.79 Å². The Morgan fingerprint density at radius 3 is 2.33 bits per heavy atom. The fraction of sp³-hybridized carbons (Fsp3) is 0.150. The second kappa shape index (κ2) is 7.90. The molecular weight excluding hydrogens is 350 g/mol. The molecule has 0 aliphatic rings. The second-order valence-electron chi connectivity index (χ2n) is 5.79. The van der Waals surface area contributed by atoms with E-state index < -0.39 is 23.2 Å². The van der Waals surface area contributed by atoms with Crippen molar-refractivity contribution < 1.29 is 13.6 Å². The lowest BCUT2D eigenvalue weighted by molar-refractivity contribution is 0.102. The molecule has 0 saturated heterocycles. The van der Waals surface area contributed by atoms with Gasteiger partial charge in [0.1, 0.15) is 34.7 Å². The predicted octanol–water partition coefficient (Wildman–Crippen LogP) is 4.47. The van der Waals surface area contributed by atoms with Gasteiger partial charge in [0.2, 0.25) is 0 Å². The summed E-state index contributed by atoms with van der Waals surface area (Å²) in [5.41, 5.74) is 0.426. The number of amides is 1. The Balaban J connectivity index is 1.94. The average Bonchev–Trinajstić information content (AvgIpc) is 2.66. The van der Waals surface area contributed by atoms with Gasteiger partial charge in [0.25, 0.3) is 5.91 Å². The van der Waals surface area contributed by atoms with Crippen LogP contribution < -0.4 is 10.2 Å². The Labute approximate surface area is 155 Å². The maximum atomic E-state index is 13.8. The molecule has 3 aromatic rings. The molecule has 2 aromatic carbocycles. The highest BCUT2D eigenvalue weighted by Crippen LogP contribution is 2.24. The van der Waals surface area contributed by atoms with Crippen LogP contribution in [0, 0.1) is 18.6 Å². The zero-order valence-corrected chi connectivity index (χ0v) is 14.9. The topological polar surface area (TPSA) is 58.1 Å². The van der Waals surface area contributed by atoms with Gasteiger partial charge in [0, 0.05) is 18.3 Å². The number of anilines is 3. The van der Waals surface area contributed by atoms with Crippen LogP contribution in [0.15, 0.2) is 54.6 Å². The molecule has 0 fully saturated rings. The summed E-state index contributed by atoms with van der Waals surface area (Å²) < 4.78 is 27.6. The lowest BCUT2D eigenvalue weighted by Crippen LogP contribution is -2.21. The summed E-state index contributed by atoms with van der Waals surface area (Å²) in [5, 5.41) is 2.25. The van der Waals surface area contributed by atoms with Crippen LogP contribution in [0.5, 0.6) is 0 Å². The van der Waals surface area contributed by atoms with Crippen molar-refractivity contribution in [1.29, 1.82) is 0 Å². The predicted molar refractivity (Wildman–Crippen MR) is 100 cm³/mol. The number of carbonyl (C=O) groups excluding carboxylic acids is 1. The summed E-state index contributed by atoms with van der Waals surface area (Å²) in [6, 6.07) is 14.4. The van der Waals surface area contributed by atoms with Crippen LogP contribution in [0.2, 0.25) is 0 Å². The zero-order chi connectivity index (χ0) is 19.4. The highest BCUT2D eigenvalue weighted by Gasteiger charge is 2.18. The average molecular weight is 368 g/mol. The Morgan fingerprint density at radius 2 is 1.70 bits per heavy atom. The Bertz CT molecular complexity index is 943. The fourth-order valence-corrected chi connectivity index (χ4v) is 2.69. The van der Waals surface area contributed by atoms with Crippen LogP contribution in [0.3, 0.4) is 0 Å². The summed E-state index contributed by atoms with van der Waals surface area (Å²) in [4.78, 5) is 22.9. The van der Waals surface area contributed by atoms with Crippen molar-refractivity contribution >= 4 is 23.1 Å². The zero-order valence-electron chi connectivity index (χ0n) is 14.9. The summed E-state index contributed by atoms with van der Waals surface area (Å²) in [6.45, 7) is 4.23. The summed E-state index contributed by atoms with van der Waals surface area (Å²) in [5.74, 6) is -1.52. The van der Waals surface area contributed by atoms with E-state index in [0.717, 1.165) is 17.8 Å². The molecule has 0 aliphatic carbocycles. The number of aryl methyl sites for hydroxylation is 1. The molecule has 0 atom stereocenters. The van der Waals surface area contributed by atoms with Crippen LogP contribution in [0.1, 0.15) is 23.2 Å². The van der Waals surface area contributed by atoms with Crippen molar-refractivity contribution in [2.24, 2.45) is 0 Å². The minimum Gasteiger partial charge on any atom is -0.327 e. The Hall–Kier alpha value is -3.35. The van der Waals surface area contributed by atoms with Crippen LogP contribution in [0.4, 0.5) is 26.0 Å². The first-order chi connectivity index (χ1) is 13.0. The standard InChI is InChI=1S/C20H18F2N4O/c1-3-26(14-8-5-4-6-9-14)18-12-17(23-13(2)24-18)20(27)25-19-15(21)10-7-11-16(19)22/h4-12H,3H2,1-2H3,(H,25,27). The van der Waals surface area contributed by atoms with Gasteiger partial charge in [0.05, 0.1) is 0 Å². The molecule has 0 spiro atoms. The molecule has 1 N–H and O–H groups in total. The van der Waals surface area contributed by atoms with Crippen LogP contribution >= 0.6 is 0 Å². The minimum absolute atomic E-state index is 0.0227. The molecule has 1 heterocycles. The third kappa shape index (κ3) is 4.08. The lowest BCUT2D eigenvalue weighted by atomic mass is 10.2. The van der Waals surface area contributed by atoms with Gasteiger partial charge >= 0.3 is 0 Å². The number of rotatable bonds is 5. The highest BCUT2D eigenvalue weighted by atomic mass is 19.1. The molecule has 5 nitrogen and oxygen atoms in total. The van der Waals surface area contributed by atoms with Gasteiger partial charge in [-0.1, -0.05) is 24.3 Å². The van der Waals surface area contributed by atoms with E-state index in [1.54, 1.807) is 6.92 Å². The molecule has 1 aromatic heterocycles. The van der Waals surface area contributed by atoms with Crippen LogP contribution in [0.25, 0.3) is 0 Å². The number of nitrogens with one attached hydrogen (secondary N) is 1. The molecule has 0 radical (unpaired) electrons. The molecule has 138 valence electrons. The molecular formula is C20H18F2N4O. The van der Waals surface area contributed by atoms with Crippen molar-refractivity contribution in [3.8, 4) is 0 Å². The first kappa shape index (κ1) is 18.4. The summed E-state index contributed by atoms with van der Waals surface area (Å²) in [6.07, 6.45) is 0. The number of hydrogen-bond acceptors (Lipinski definition) is 4. The van der Waals surface area contributed by atoms with Gasteiger partial charge in [-0.25, -0.2) is 18.7 Å². The van der Waals surface area contributed by atoms with Gasteiger partial charge in [-0.15, -0.1) is 0 Å². The van der Waals surface area contributed by atoms with E-state index in [-0.39, 0.29) is 5.69 Å². The van der Waals surface area contributed by atoms with Crippen LogP contribution in [-0.4, -0.2) is 22.4 Å². The normalized spacial score (nSPS) is 10.5. The number of aromatic nitrogens is 2. The van der Waals surface area contributed by atoms with Gasteiger partial charge in [0.15, 0.2) is 0 Å². The lowest BCUT2D eigenvalue weighted by Gasteiger charge is -2.22. The molecule has 0 unspecified atom stereocenters. The number of para-hydroxylation sites is 2. The first-order valence-corrected chi connectivity index (χ1v) is 8.43. The molecule has 27 heavy (non-hydrogen) atoms. The summed E-state index contributed by atoms with van der Waals surface area (Å²) in [7, 11) is 0. The molecule has 3 rings (SSSR count). The molecule has 7 heteroatoms. The third-order valence-corrected chi connectivity index (χ3v) is 3.92. The third-order valence-electron chi connectivity index (χ3n) is 3.92. The highest BCUT2D eigenvalue weighted by molar-refractivity contribution is 6.03. The van der Waals surface area contributed by atoms with Crippen molar-refractivity contribution in [1.82, 2.24) is 9.97 Å². The van der Waals surface area contributed by atoms with Gasteiger partial charge in [-0.05, 0) is 38.1 Å². The fourth-order valence-electron chi connectivity index (χ4n) is 2.69. The molecule has 0 saturated carbocycles. The molecule has 1 amide bonds. The largest absolute Gasteiger partial charge is 0.327 e. The Morgan fingerprint density at radius 1 is 1.04 bits per heavy atom. The number of nitrogens with zero attached hydrogens (tertiary/aromatic N) is 3. The molecule has 0 bridgehead atoms. The summed E-state index contributed by atoms with van der Waals surface area (Å²) >= 11 is 0. The monoisotopic (exact) mass is 368 g/mol. The number of hydrogen-bond donors (Lipinski definition) is 1. The number of carbonyl (C=O) groups is 1. The van der Waals surface area contributed by atoms with Crippen molar-refractivity contribution in [2.45, 2.75) is 13.8 Å². The van der Waals surface area contributed by atoms with Crippen molar-refractivity contribution in [3.05, 3.63) is 77.8 Å².